The molecule has 0 heterocycles. The second-order valence-corrected chi connectivity index (χ2v) is 6.53. The average Bonchev–Trinajstić information content (AvgIpc) is 3.14. The molecule has 1 aromatic carbocycles. The van der Waals surface area contributed by atoms with Gasteiger partial charge in [-0.1, -0.05) is 45.0 Å². The number of hydrogen-bond donors (Lipinski definition) is 1. The topological polar surface area (TPSA) is 12.0 Å². The van der Waals surface area contributed by atoms with Gasteiger partial charge in [0, 0.05) is 6.54 Å². The number of rotatable bonds is 6. The summed E-state index contributed by atoms with van der Waals surface area (Å²) in [7, 11) is 2.07. The summed E-state index contributed by atoms with van der Waals surface area (Å²) in [6.07, 6.45) is 4.04. The maximum Gasteiger partial charge on any atom is 0.000800 e. The van der Waals surface area contributed by atoms with E-state index >= 15 is 0 Å². The molecule has 1 heteroatoms. The van der Waals surface area contributed by atoms with Gasteiger partial charge in [0.1, 0.15) is 0 Å². The lowest BCUT2D eigenvalue weighted by Crippen LogP contribution is -2.33. The highest BCUT2D eigenvalue weighted by molar-refractivity contribution is 5.26. The molecule has 0 bridgehead atoms. The van der Waals surface area contributed by atoms with E-state index < -0.39 is 0 Å². The molecule has 2 rings (SSSR count). The van der Waals surface area contributed by atoms with Crippen LogP contribution in [0.25, 0.3) is 0 Å². The Labute approximate surface area is 112 Å². The van der Waals surface area contributed by atoms with Gasteiger partial charge in [0.15, 0.2) is 0 Å². The number of hydrogen-bond acceptors (Lipinski definition) is 1. The minimum absolute atomic E-state index is 0.439. The van der Waals surface area contributed by atoms with Gasteiger partial charge in [0.2, 0.25) is 0 Å². The van der Waals surface area contributed by atoms with Crippen LogP contribution in [0.15, 0.2) is 24.3 Å². The molecule has 0 saturated heterocycles. The molecule has 1 unspecified atom stereocenters. The van der Waals surface area contributed by atoms with Crippen molar-refractivity contribution >= 4 is 0 Å². The zero-order chi connectivity index (χ0) is 13.2. The predicted molar refractivity (Wildman–Crippen MR) is 79.0 cm³/mol. The molecule has 1 atom stereocenters. The van der Waals surface area contributed by atoms with Crippen LogP contribution in [-0.4, -0.2) is 13.6 Å². The van der Waals surface area contributed by atoms with E-state index in [1.165, 1.54) is 30.4 Å². The van der Waals surface area contributed by atoms with E-state index in [4.69, 9.17) is 0 Å². The van der Waals surface area contributed by atoms with Crippen molar-refractivity contribution in [2.24, 2.45) is 11.3 Å². The van der Waals surface area contributed by atoms with E-state index in [1.54, 1.807) is 0 Å². The van der Waals surface area contributed by atoms with Crippen LogP contribution in [-0.2, 0) is 6.42 Å². The van der Waals surface area contributed by atoms with E-state index in [0.29, 0.717) is 11.3 Å². The van der Waals surface area contributed by atoms with Crippen molar-refractivity contribution in [3.05, 3.63) is 35.4 Å². The minimum Gasteiger partial charge on any atom is -0.319 e. The summed E-state index contributed by atoms with van der Waals surface area (Å²) in [5.41, 5.74) is 3.37. The summed E-state index contributed by atoms with van der Waals surface area (Å²) in [5, 5.41) is 3.38. The second kappa shape index (κ2) is 5.44. The maximum absolute atomic E-state index is 3.38. The largest absolute Gasteiger partial charge is 0.319 e. The van der Waals surface area contributed by atoms with Gasteiger partial charge in [-0.25, -0.2) is 0 Å². The van der Waals surface area contributed by atoms with Crippen molar-refractivity contribution in [2.45, 2.75) is 46.0 Å². The van der Waals surface area contributed by atoms with E-state index in [2.05, 4.69) is 57.4 Å². The molecule has 0 aromatic heterocycles. The Hall–Kier alpha value is -0.820. The van der Waals surface area contributed by atoms with Gasteiger partial charge in [0.05, 0.1) is 0 Å². The van der Waals surface area contributed by atoms with Crippen molar-refractivity contribution in [1.82, 2.24) is 5.32 Å². The number of benzene rings is 1. The van der Waals surface area contributed by atoms with Crippen LogP contribution in [0.3, 0.4) is 0 Å². The zero-order valence-electron chi connectivity index (χ0n) is 12.3. The molecule has 1 aliphatic rings. The third-order valence-electron chi connectivity index (χ3n) is 4.40. The van der Waals surface area contributed by atoms with Gasteiger partial charge in [0.25, 0.3) is 0 Å². The summed E-state index contributed by atoms with van der Waals surface area (Å²) < 4.78 is 0. The Morgan fingerprint density at radius 2 is 1.83 bits per heavy atom. The summed E-state index contributed by atoms with van der Waals surface area (Å²) >= 11 is 0. The molecule has 0 spiro atoms. The average molecular weight is 245 g/mol. The van der Waals surface area contributed by atoms with Crippen LogP contribution in [0.1, 0.15) is 50.7 Å². The Kier molecular flexibility index (Phi) is 4.11. The van der Waals surface area contributed by atoms with E-state index in [1.807, 2.05) is 0 Å². The first-order valence-electron chi connectivity index (χ1n) is 7.28. The maximum atomic E-state index is 3.38. The van der Waals surface area contributed by atoms with Crippen LogP contribution in [0.2, 0.25) is 0 Å². The summed E-state index contributed by atoms with van der Waals surface area (Å²) in [6, 6.07) is 9.25. The Morgan fingerprint density at radius 3 is 2.28 bits per heavy atom. The van der Waals surface area contributed by atoms with Gasteiger partial charge in [-0.05, 0) is 54.7 Å². The Balaban J connectivity index is 2.07. The van der Waals surface area contributed by atoms with E-state index in [-0.39, 0.29) is 0 Å². The highest BCUT2D eigenvalue weighted by atomic mass is 14.8. The van der Waals surface area contributed by atoms with E-state index in [9.17, 15) is 0 Å². The summed E-state index contributed by atoms with van der Waals surface area (Å²) in [6.45, 7) is 8.08. The lowest BCUT2D eigenvalue weighted by atomic mass is 9.78. The molecule has 1 saturated carbocycles. The third kappa shape index (κ3) is 3.14. The minimum atomic E-state index is 0.439. The third-order valence-corrected chi connectivity index (χ3v) is 4.40. The quantitative estimate of drug-likeness (QED) is 0.799. The summed E-state index contributed by atoms with van der Waals surface area (Å²) in [4.78, 5) is 0. The molecule has 0 amide bonds. The molecule has 1 nitrogen and oxygen atoms in total. The first-order chi connectivity index (χ1) is 8.55. The number of nitrogens with one attached hydrogen (secondary N) is 1. The van der Waals surface area contributed by atoms with Crippen LogP contribution >= 0.6 is 0 Å². The second-order valence-electron chi connectivity index (χ2n) is 6.53. The fourth-order valence-electron chi connectivity index (χ4n) is 3.02. The van der Waals surface area contributed by atoms with Crippen molar-refractivity contribution in [3.8, 4) is 0 Å². The van der Waals surface area contributed by atoms with E-state index in [0.717, 1.165) is 12.5 Å². The molecule has 0 radical (unpaired) electrons. The molecule has 1 aliphatic carbocycles. The molecular weight excluding hydrogens is 218 g/mol. The fraction of sp³-hybridized carbons (Fsp3) is 0.647. The van der Waals surface area contributed by atoms with Crippen LogP contribution in [0.5, 0.6) is 0 Å². The smallest absolute Gasteiger partial charge is 0.000800 e. The lowest BCUT2D eigenvalue weighted by molar-refractivity contribution is 0.263. The molecule has 1 fully saturated rings. The van der Waals surface area contributed by atoms with Crippen LogP contribution in [0, 0.1) is 11.3 Å². The first-order valence-corrected chi connectivity index (χ1v) is 7.28. The summed E-state index contributed by atoms with van der Waals surface area (Å²) in [5.74, 6) is 1.56. The monoisotopic (exact) mass is 245 g/mol. The van der Waals surface area contributed by atoms with Crippen LogP contribution in [0.4, 0.5) is 0 Å². The highest BCUT2D eigenvalue weighted by Crippen LogP contribution is 2.47. The van der Waals surface area contributed by atoms with Crippen molar-refractivity contribution in [1.29, 1.82) is 0 Å². The standard InChI is InChI=1S/C17H27N/c1-13(2)15-7-5-14(6-8-15)11-17(3,12-18-4)16-9-10-16/h5-8,13,16,18H,9-12H2,1-4H3. The fourth-order valence-corrected chi connectivity index (χ4v) is 3.02. The SMILES string of the molecule is CNCC(C)(Cc1ccc(C(C)C)cc1)C1CC1. The predicted octanol–water partition coefficient (Wildman–Crippen LogP) is 3.99. The molecular formula is C17H27N. The zero-order valence-corrected chi connectivity index (χ0v) is 12.3. The Bertz CT molecular complexity index is 375. The van der Waals surface area contributed by atoms with Crippen LogP contribution < -0.4 is 5.32 Å². The first kappa shape index (κ1) is 13.6. The van der Waals surface area contributed by atoms with Crippen molar-refractivity contribution < 1.29 is 0 Å². The normalized spacial score (nSPS) is 18.9. The van der Waals surface area contributed by atoms with Gasteiger partial charge in [-0.2, -0.15) is 0 Å². The molecule has 100 valence electrons. The van der Waals surface area contributed by atoms with Gasteiger partial charge in [-0.3, -0.25) is 0 Å². The lowest BCUT2D eigenvalue weighted by Gasteiger charge is -2.30. The molecule has 18 heavy (non-hydrogen) atoms. The molecule has 0 aliphatic heterocycles. The van der Waals surface area contributed by atoms with Crippen molar-refractivity contribution in [2.75, 3.05) is 13.6 Å². The van der Waals surface area contributed by atoms with Crippen molar-refractivity contribution in [3.63, 3.8) is 0 Å². The van der Waals surface area contributed by atoms with Gasteiger partial charge < -0.3 is 5.32 Å². The Morgan fingerprint density at radius 1 is 1.22 bits per heavy atom. The molecule has 1 N–H and O–H groups in total. The highest BCUT2D eigenvalue weighted by Gasteiger charge is 2.40. The van der Waals surface area contributed by atoms with Gasteiger partial charge in [-0.15, -0.1) is 0 Å². The van der Waals surface area contributed by atoms with Gasteiger partial charge >= 0.3 is 0 Å². The molecule has 1 aromatic rings.